The van der Waals surface area contributed by atoms with Gasteiger partial charge in [0.2, 0.25) is 5.91 Å². The third-order valence-corrected chi connectivity index (χ3v) is 3.76. The summed E-state index contributed by atoms with van der Waals surface area (Å²) >= 11 is 0. The lowest BCUT2D eigenvalue weighted by atomic mass is 10.1. The SMILES string of the molecule is Cc1ccc(C)c(NC(=O)Cc2cc(-c3ccc(F)cc3F)on2)c1. The van der Waals surface area contributed by atoms with Gasteiger partial charge in [-0.05, 0) is 43.2 Å². The standard InChI is InChI=1S/C19H16F2N2O2/c1-11-3-4-12(2)17(7-11)22-19(24)10-14-9-18(25-23-14)15-6-5-13(20)8-16(15)21/h3-9H,10H2,1-2H3,(H,22,24). The number of benzene rings is 2. The summed E-state index contributed by atoms with van der Waals surface area (Å²) in [6.07, 6.45) is -0.0142. The van der Waals surface area contributed by atoms with Crippen molar-refractivity contribution < 1.29 is 18.1 Å². The fraction of sp³-hybridized carbons (Fsp3) is 0.158. The molecule has 0 aliphatic heterocycles. The second-order valence-electron chi connectivity index (χ2n) is 5.85. The lowest BCUT2D eigenvalue weighted by Gasteiger charge is -2.08. The Labute approximate surface area is 143 Å². The quantitative estimate of drug-likeness (QED) is 0.764. The van der Waals surface area contributed by atoms with E-state index in [-0.39, 0.29) is 23.7 Å². The summed E-state index contributed by atoms with van der Waals surface area (Å²) in [4.78, 5) is 12.2. The summed E-state index contributed by atoms with van der Waals surface area (Å²) in [7, 11) is 0. The second-order valence-corrected chi connectivity index (χ2v) is 5.85. The predicted molar refractivity (Wildman–Crippen MR) is 90.1 cm³/mol. The molecule has 0 aliphatic carbocycles. The lowest BCUT2D eigenvalue weighted by molar-refractivity contribution is -0.115. The molecule has 0 spiro atoms. The van der Waals surface area contributed by atoms with Gasteiger partial charge in [0.05, 0.1) is 17.7 Å². The van der Waals surface area contributed by atoms with Gasteiger partial charge in [0.25, 0.3) is 0 Å². The number of rotatable bonds is 4. The first-order chi connectivity index (χ1) is 11.9. The number of nitrogens with zero attached hydrogens (tertiary/aromatic N) is 1. The van der Waals surface area contributed by atoms with Gasteiger partial charge in [-0.1, -0.05) is 17.3 Å². The Morgan fingerprint density at radius 3 is 2.68 bits per heavy atom. The number of hydrogen-bond donors (Lipinski definition) is 1. The van der Waals surface area contributed by atoms with E-state index in [4.69, 9.17) is 4.52 Å². The highest BCUT2D eigenvalue weighted by Gasteiger charge is 2.14. The van der Waals surface area contributed by atoms with Crippen molar-refractivity contribution in [1.29, 1.82) is 0 Å². The largest absolute Gasteiger partial charge is 0.356 e. The monoisotopic (exact) mass is 342 g/mol. The topological polar surface area (TPSA) is 55.1 Å². The number of aromatic nitrogens is 1. The molecule has 1 N–H and O–H groups in total. The smallest absolute Gasteiger partial charge is 0.230 e. The highest BCUT2D eigenvalue weighted by molar-refractivity contribution is 5.92. The number of nitrogens with one attached hydrogen (secondary N) is 1. The van der Waals surface area contributed by atoms with Crippen LogP contribution in [-0.4, -0.2) is 11.1 Å². The number of amides is 1. The van der Waals surface area contributed by atoms with Gasteiger partial charge in [0, 0.05) is 17.8 Å². The molecule has 3 rings (SSSR count). The molecule has 0 saturated carbocycles. The molecule has 0 fully saturated rings. The number of halogens is 2. The Kier molecular flexibility index (Phi) is 4.61. The summed E-state index contributed by atoms with van der Waals surface area (Å²) in [6.45, 7) is 3.84. The number of carbonyl (C=O) groups excluding carboxylic acids is 1. The van der Waals surface area contributed by atoms with Crippen LogP contribution >= 0.6 is 0 Å². The van der Waals surface area contributed by atoms with Crippen molar-refractivity contribution in [3.05, 3.63) is 70.9 Å². The number of carbonyl (C=O) groups is 1. The van der Waals surface area contributed by atoms with Gasteiger partial charge in [-0.25, -0.2) is 8.78 Å². The molecule has 0 atom stereocenters. The minimum atomic E-state index is -0.748. The zero-order valence-corrected chi connectivity index (χ0v) is 13.8. The minimum Gasteiger partial charge on any atom is -0.356 e. The van der Waals surface area contributed by atoms with E-state index in [9.17, 15) is 13.6 Å². The first kappa shape index (κ1) is 16.8. The Bertz CT molecular complexity index is 935. The van der Waals surface area contributed by atoms with Crippen molar-refractivity contribution in [2.24, 2.45) is 0 Å². The van der Waals surface area contributed by atoms with E-state index in [0.717, 1.165) is 28.9 Å². The molecular weight excluding hydrogens is 326 g/mol. The van der Waals surface area contributed by atoms with Crippen LogP contribution in [0.1, 0.15) is 16.8 Å². The van der Waals surface area contributed by atoms with Crippen molar-refractivity contribution >= 4 is 11.6 Å². The van der Waals surface area contributed by atoms with Crippen LogP contribution in [0, 0.1) is 25.5 Å². The molecule has 0 unspecified atom stereocenters. The summed E-state index contributed by atoms with van der Waals surface area (Å²) in [5.41, 5.74) is 3.18. The van der Waals surface area contributed by atoms with Gasteiger partial charge in [0.15, 0.2) is 5.76 Å². The summed E-state index contributed by atoms with van der Waals surface area (Å²) in [6, 6.07) is 10.4. The average molecular weight is 342 g/mol. The van der Waals surface area contributed by atoms with Gasteiger partial charge in [-0.15, -0.1) is 0 Å². The molecule has 0 saturated heterocycles. The van der Waals surface area contributed by atoms with Crippen molar-refractivity contribution in [2.75, 3.05) is 5.32 Å². The van der Waals surface area contributed by atoms with Crippen LogP contribution in [0.4, 0.5) is 14.5 Å². The molecule has 3 aromatic rings. The second kappa shape index (κ2) is 6.84. The van der Waals surface area contributed by atoms with E-state index in [1.165, 1.54) is 12.1 Å². The molecule has 1 heterocycles. The molecule has 4 nitrogen and oxygen atoms in total. The van der Waals surface area contributed by atoms with Crippen LogP contribution in [0.15, 0.2) is 47.0 Å². The lowest BCUT2D eigenvalue weighted by Crippen LogP contribution is -2.15. The maximum atomic E-state index is 13.8. The van der Waals surface area contributed by atoms with Crippen molar-refractivity contribution in [3.63, 3.8) is 0 Å². The zero-order chi connectivity index (χ0) is 18.0. The third-order valence-electron chi connectivity index (χ3n) is 3.76. The fourth-order valence-electron chi connectivity index (χ4n) is 2.44. The van der Waals surface area contributed by atoms with Gasteiger partial charge in [-0.3, -0.25) is 4.79 Å². The molecule has 128 valence electrons. The molecule has 2 aromatic carbocycles. The first-order valence-corrected chi connectivity index (χ1v) is 7.70. The minimum absolute atomic E-state index is 0.0142. The summed E-state index contributed by atoms with van der Waals surface area (Å²) in [5, 5.41) is 6.60. The van der Waals surface area contributed by atoms with E-state index in [0.29, 0.717) is 5.69 Å². The number of hydrogen-bond acceptors (Lipinski definition) is 3. The Morgan fingerprint density at radius 2 is 1.92 bits per heavy atom. The van der Waals surface area contributed by atoms with E-state index in [2.05, 4.69) is 10.5 Å². The van der Waals surface area contributed by atoms with E-state index < -0.39 is 11.6 Å². The predicted octanol–water partition coefficient (Wildman–Crippen LogP) is 4.42. The Morgan fingerprint density at radius 1 is 1.12 bits per heavy atom. The van der Waals surface area contributed by atoms with E-state index in [1.54, 1.807) is 0 Å². The average Bonchev–Trinajstić information content (AvgIpc) is 2.99. The van der Waals surface area contributed by atoms with Crippen molar-refractivity contribution in [3.8, 4) is 11.3 Å². The molecule has 1 aromatic heterocycles. The molecule has 25 heavy (non-hydrogen) atoms. The maximum absolute atomic E-state index is 13.8. The number of aryl methyl sites for hydroxylation is 2. The molecule has 6 heteroatoms. The van der Waals surface area contributed by atoms with Crippen molar-refractivity contribution in [2.45, 2.75) is 20.3 Å². The molecule has 1 amide bonds. The van der Waals surface area contributed by atoms with Crippen LogP contribution in [0.5, 0.6) is 0 Å². The first-order valence-electron chi connectivity index (χ1n) is 7.70. The maximum Gasteiger partial charge on any atom is 0.230 e. The van der Waals surface area contributed by atoms with Crippen LogP contribution in [0.3, 0.4) is 0 Å². The molecule has 0 aliphatic rings. The fourth-order valence-corrected chi connectivity index (χ4v) is 2.44. The van der Waals surface area contributed by atoms with Gasteiger partial charge in [-0.2, -0.15) is 0 Å². The molecular formula is C19H16F2N2O2. The molecule has 0 radical (unpaired) electrons. The zero-order valence-electron chi connectivity index (χ0n) is 13.8. The highest BCUT2D eigenvalue weighted by atomic mass is 19.1. The van der Waals surface area contributed by atoms with Crippen LogP contribution in [0.25, 0.3) is 11.3 Å². The van der Waals surface area contributed by atoms with Gasteiger partial charge < -0.3 is 9.84 Å². The van der Waals surface area contributed by atoms with E-state index in [1.807, 2.05) is 32.0 Å². The highest BCUT2D eigenvalue weighted by Crippen LogP contribution is 2.24. The summed E-state index contributed by atoms with van der Waals surface area (Å²) < 4.78 is 31.8. The number of anilines is 1. The van der Waals surface area contributed by atoms with Crippen LogP contribution in [-0.2, 0) is 11.2 Å². The van der Waals surface area contributed by atoms with Gasteiger partial charge >= 0.3 is 0 Å². The van der Waals surface area contributed by atoms with E-state index >= 15 is 0 Å². The Hall–Kier alpha value is -3.02. The Balaban J connectivity index is 1.72. The van der Waals surface area contributed by atoms with Crippen LogP contribution < -0.4 is 5.32 Å². The van der Waals surface area contributed by atoms with Crippen molar-refractivity contribution in [1.82, 2.24) is 5.16 Å². The summed E-state index contributed by atoms with van der Waals surface area (Å²) in [5.74, 6) is -1.53. The third kappa shape index (κ3) is 3.91. The molecule has 0 bridgehead atoms. The van der Waals surface area contributed by atoms with Gasteiger partial charge in [0.1, 0.15) is 11.6 Å². The normalized spacial score (nSPS) is 10.7. The van der Waals surface area contributed by atoms with Crippen LogP contribution in [0.2, 0.25) is 0 Å².